The van der Waals surface area contributed by atoms with Gasteiger partial charge in [0, 0.05) is 58.8 Å². The number of hydrogen-bond acceptors (Lipinski definition) is 5. The van der Waals surface area contributed by atoms with E-state index < -0.39 is 0 Å². The molecule has 0 unspecified atom stereocenters. The minimum absolute atomic E-state index is 0.570. The van der Waals surface area contributed by atoms with Gasteiger partial charge in [0.25, 0.3) is 0 Å². The number of benzene rings is 8. The molecule has 5 nitrogen and oxygen atoms in total. The maximum Gasteiger partial charge on any atom is 0.164 e. The number of nitrogens with zero attached hydrogens (tertiary/aromatic N) is 5. The maximum absolute atomic E-state index is 10.1. The molecule has 11 aromatic rings. The fourth-order valence-corrected chi connectivity index (χ4v) is 9.40. The number of para-hydroxylation sites is 2. The predicted molar refractivity (Wildman–Crippen MR) is 239 cm³/mol. The highest BCUT2D eigenvalue weighted by molar-refractivity contribution is 7.26. The molecule has 0 amide bonds. The Balaban J connectivity index is 1.12. The van der Waals surface area contributed by atoms with Gasteiger partial charge in [-0.15, -0.1) is 11.3 Å². The third-order valence-electron chi connectivity index (χ3n) is 10.9. The second-order valence-electron chi connectivity index (χ2n) is 14.3. The summed E-state index contributed by atoms with van der Waals surface area (Å²) < 4.78 is 4.71. The Morgan fingerprint density at radius 1 is 0.414 bits per heavy atom. The molecule has 0 aliphatic carbocycles. The van der Waals surface area contributed by atoms with Gasteiger partial charge in [0.15, 0.2) is 17.5 Å². The normalized spacial score (nSPS) is 11.4. The van der Waals surface area contributed by atoms with Crippen LogP contribution in [0.2, 0.25) is 0 Å². The Morgan fingerprint density at radius 3 is 1.66 bits per heavy atom. The van der Waals surface area contributed by atoms with Crippen LogP contribution in [0.3, 0.4) is 0 Å². The largest absolute Gasteiger partial charge is 0.309 e. The lowest BCUT2D eigenvalue weighted by molar-refractivity contribution is 1.07. The summed E-state index contributed by atoms with van der Waals surface area (Å²) in [6.45, 7) is 0. The molecule has 0 N–H and O–H groups in total. The molecule has 270 valence electrons. The van der Waals surface area contributed by atoms with Crippen molar-refractivity contribution in [2.45, 2.75) is 0 Å². The number of thiophene rings is 1. The number of nitriles is 1. The highest BCUT2D eigenvalue weighted by atomic mass is 32.1. The molecular formula is C52H31N5S. The van der Waals surface area contributed by atoms with Gasteiger partial charge in [-0.3, -0.25) is 0 Å². The summed E-state index contributed by atoms with van der Waals surface area (Å²) in [4.78, 5) is 15.5. The van der Waals surface area contributed by atoms with E-state index in [-0.39, 0.29) is 0 Å². The SMILES string of the molecule is N#Cc1cc(-c2cccc(-c3nc(-c4ccccc4)nc(-c4ccc(-c5ccccc5)c(-n5c6ccccc6c6ccccc65)c4)n3)c2)c2sc3ccccc3c2c1. The second kappa shape index (κ2) is 13.8. The number of fused-ring (bicyclic) bond motifs is 6. The Hall–Kier alpha value is -7.72. The van der Waals surface area contributed by atoms with Crippen LogP contribution >= 0.6 is 11.3 Å². The van der Waals surface area contributed by atoms with Crippen molar-refractivity contribution in [1.82, 2.24) is 19.5 Å². The van der Waals surface area contributed by atoms with Crippen molar-refractivity contribution in [2.75, 3.05) is 0 Å². The van der Waals surface area contributed by atoms with E-state index in [1.165, 1.54) is 15.5 Å². The van der Waals surface area contributed by atoms with E-state index in [2.05, 4.69) is 150 Å². The van der Waals surface area contributed by atoms with Crippen molar-refractivity contribution in [2.24, 2.45) is 0 Å². The quantitative estimate of drug-likeness (QED) is 0.169. The van der Waals surface area contributed by atoms with Crippen LogP contribution in [-0.4, -0.2) is 19.5 Å². The van der Waals surface area contributed by atoms with Crippen molar-refractivity contribution < 1.29 is 0 Å². The number of hydrogen-bond donors (Lipinski definition) is 0. The molecule has 0 saturated heterocycles. The van der Waals surface area contributed by atoms with E-state index >= 15 is 0 Å². The van der Waals surface area contributed by atoms with Gasteiger partial charge in [-0.1, -0.05) is 146 Å². The minimum atomic E-state index is 0.570. The zero-order valence-corrected chi connectivity index (χ0v) is 31.9. The lowest BCUT2D eigenvalue weighted by Gasteiger charge is -2.16. The van der Waals surface area contributed by atoms with Crippen LogP contribution in [0.15, 0.2) is 188 Å². The van der Waals surface area contributed by atoms with Crippen molar-refractivity contribution in [3.63, 3.8) is 0 Å². The van der Waals surface area contributed by atoms with Gasteiger partial charge in [-0.05, 0) is 53.6 Å². The summed E-state index contributed by atoms with van der Waals surface area (Å²) in [7, 11) is 0. The van der Waals surface area contributed by atoms with E-state index in [4.69, 9.17) is 15.0 Å². The summed E-state index contributed by atoms with van der Waals surface area (Å²) in [5.41, 5.74) is 10.8. The van der Waals surface area contributed by atoms with Gasteiger partial charge >= 0.3 is 0 Å². The van der Waals surface area contributed by atoms with Crippen molar-refractivity contribution in [1.29, 1.82) is 5.26 Å². The van der Waals surface area contributed by atoms with Gasteiger partial charge in [0.05, 0.1) is 28.4 Å². The average Bonchev–Trinajstić information content (AvgIpc) is 3.85. The Labute approximate surface area is 338 Å². The smallest absolute Gasteiger partial charge is 0.164 e. The van der Waals surface area contributed by atoms with Crippen molar-refractivity contribution >= 4 is 53.3 Å². The fourth-order valence-electron chi connectivity index (χ4n) is 8.18. The van der Waals surface area contributed by atoms with Crippen molar-refractivity contribution in [3.8, 4) is 68.2 Å². The monoisotopic (exact) mass is 757 g/mol. The van der Waals surface area contributed by atoms with Crippen LogP contribution in [0.4, 0.5) is 0 Å². The summed E-state index contributed by atoms with van der Waals surface area (Å²) >= 11 is 1.75. The summed E-state index contributed by atoms with van der Waals surface area (Å²) in [6, 6.07) is 67.5. The molecule has 8 aromatic carbocycles. The van der Waals surface area contributed by atoms with Crippen molar-refractivity contribution in [3.05, 3.63) is 194 Å². The first-order chi connectivity index (χ1) is 28.7. The molecule has 0 saturated carbocycles. The third-order valence-corrected chi connectivity index (χ3v) is 12.1. The zero-order chi connectivity index (χ0) is 38.6. The standard InChI is InChI=1S/C52H31N5S/c53-32-33-28-43(49-44(29-33)42-22-9-12-25-48(42)58-49)36-18-13-19-37(30-36)51-54-50(35-16-5-2-6-17-35)55-52(56-51)38-26-27-39(34-14-3-1-4-15-34)47(31-38)57-45-23-10-7-20-40(45)41-21-8-11-24-46(41)57/h1-31H. The van der Waals surface area contributed by atoms with E-state index in [1.54, 1.807) is 11.3 Å². The topological polar surface area (TPSA) is 67.4 Å². The molecule has 6 heteroatoms. The predicted octanol–water partition coefficient (Wildman–Crippen LogP) is 13.5. The molecule has 58 heavy (non-hydrogen) atoms. The molecule has 3 aromatic heterocycles. The van der Waals surface area contributed by atoms with E-state index in [9.17, 15) is 5.26 Å². The lowest BCUT2D eigenvalue weighted by Crippen LogP contribution is -2.02. The summed E-state index contributed by atoms with van der Waals surface area (Å²) in [5.74, 6) is 1.74. The first kappa shape index (κ1) is 33.6. The molecule has 0 atom stereocenters. The highest BCUT2D eigenvalue weighted by Gasteiger charge is 2.20. The summed E-state index contributed by atoms with van der Waals surface area (Å²) in [6.07, 6.45) is 0. The minimum Gasteiger partial charge on any atom is -0.309 e. The number of rotatable bonds is 6. The molecule has 3 heterocycles. The summed E-state index contributed by atoms with van der Waals surface area (Å²) in [5, 5.41) is 14.7. The van der Waals surface area contributed by atoms with Crippen LogP contribution in [-0.2, 0) is 0 Å². The Bertz CT molecular complexity index is 3360. The van der Waals surface area contributed by atoms with E-state index in [0.29, 0.717) is 23.0 Å². The van der Waals surface area contributed by atoms with Crippen LogP contribution in [0.1, 0.15) is 5.56 Å². The van der Waals surface area contributed by atoms with Gasteiger partial charge < -0.3 is 4.57 Å². The van der Waals surface area contributed by atoms with Gasteiger partial charge in [-0.2, -0.15) is 5.26 Å². The van der Waals surface area contributed by atoms with Crippen LogP contribution in [0, 0.1) is 11.3 Å². The molecule has 0 fully saturated rings. The molecule has 0 radical (unpaired) electrons. The van der Waals surface area contributed by atoms with E-state index in [1.807, 2.05) is 48.5 Å². The second-order valence-corrected chi connectivity index (χ2v) is 15.4. The molecule has 0 bridgehead atoms. The first-order valence-corrected chi connectivity index (χ1v) is 20.0. The molecule has 0 aliphatic heterocycles. The zero-order valence-electron chi connectivity index (χ0n) is 31.0. The Kier molecular flexibility index (Phi) is 7.99. The van der Waals surface area contributed by atoms with Crippen LogP contribution in [0.5, 0.6) is 0 Å². The average molecular weight is 758 g/mol. The molecule has 0 aliphatic rings. The van der Waals surface area contributed by atoms with E-state index in [0.717, 1.165) is 71.1 Å². The van der Waals surface area contributed by atoms with Crippen LogP contribution < -0.4 is 0 Å². The maximum atomic E-state index is 10.1. The van der Waals surface area contributed by atoms with Gasteiger partial charge in [0.1, 0.15) is 0 Å². The van der Waals surface area contributed by atoms with Gasteiger partial charge in [0.2, 0.25) is 0 Å². The fraction of sp³-hybridized carbons (Fsp3) is 0. The highest BCUT2D eigenvalue weighted by Crippen LogP contribution is 2.42. The number of aromatic nitrogens is 4. The van der Waals surface area contributed by atoms with Crippen LogP contribution in [0.25, 0.3) is 104 Å². The molecule has 0 spiro atoms. The Morgan fingerprint density at radius 2 is 0.966 bits per heavy atom. The van der Waals surface area contributed by atoms with Gasteiger partial charge in [-0.25, -0.2) is 15.0 Å². The molecule has 11 rings (SSSR count). The first-order valence-electron chi connectivity index (χ1n) is 19.2. The third kappa shape index (κ3) is 5.64. The lowest BCUT2D eigenvalue weighted by atomic mass is 9.98. The molecular weight excluding hydrogens is 727 g/mol.